The summed E-state index contributed by atoms with van der Waals surface area (Å²) in [6.45, 7) is 16.3. The van der Waals surface area contributed by atoms with Gasteiger partial charge in [0.05, 0.1) is 23.2 Å². The third kappa shape index (κ3) is 5.41. The summed E-state index contributed by atoms with van der Waals surface area (Å²) in [5, 5.41) is 9.73. The summed E-state index contributed by atoms with van der Waals surface area (Å²) in [5.74, 6) is -1.01. The van der Waals surface area contributed by atoms with E-state index in [9.17, 15) is 19.5 Å². The zero-order chi connectivity index (χ0) is 31.4. The fraction of sp³-hybridized carbons (Fsp3) is 0.618. The van der Waals surface area contributed by atoms with Gasteiger partial charge in [-0.15, -0.1) is 11.8 Å². The zero-order valence-corrected chi connectivity index (χ0v) is 27.4. The number of likely N-dealkylation sites (tertiary alicyclic amines) is 1. The fourth-order valence-electron chi connectivity index (χ4n) is 8.06. The van der Waals surface area contributed by atoms with Crippen LogP contribution in [0.5, 0.6) is 5.75 Å². The van der Waals surface area contributed by atoms with Crippen molar-refractivity contribution in [2.24, 2.45) is 17.3 Å². The lowest BCUT2D eigenvalue weighted by atomic mass is 9.74. The maximum atomic E-state index is 14.7. The molecule has 1 spiro atoms. The summed E-state index contributed by atoms with van der Waals surface area (Å²) in [6, 6.07) is 6.73. The van der Waals surface area contributed by atoms with Gasteiger partial charge in [0.2, 0.25) is 17.7 Å². The van der Waals surface area contributed by atoms with Crippen LogP contribution in [-0.4, -0.2) is 86.6 Å². The number of amides is 3. The average Bonchev–Trinajstić information content (AvgIpc) is 3.17. The molecule has 9 heteroatoms. The van der Waals surface area contributed by atoms with Crippen molar-refractivity contribution in [1.82, 2.24) is 9.80 Å². The van der Waals surface area contributed by atoms with Gasteiger partial charge in [-0.2, -0.15) is 0 Å². The van der Waals surface area contributed by atoms with Crippen LogP contribution in [0.1, 0.15) is 61.3 Å². The number of nitrogens with zero attached hydrogens (tertiary/aromatic N) is 3. The number of rotatable bonds is 8. The highest BCUT2D eigenvalue weighted by Crippen LogP contribution is 2.65. The summed E-state index contributed by atoms with van der Waals surface area (Å²) in [7, 11) is 0. The first-order chi connectivity index (χ1) is 20.2. The van der Waals surface area contributed by atoms with Crippen molar-refractivity contribution in [3.05, 3.63) is 48.6 Å². The van der Waals surface area contributed by atoms with E-state index in [1.165, 1.54) is 0 Å². The summed E-state index contributed by atoms with van der Waals surface area (Å²) in [4.78, 5) is 49.2. The molecule has 4 heterocycles. The predicted molar refractivity (Wildman–Crippen MR) is 171 cm³/mol. The van der Waals surface area contributed by atoms with Crippen LogP contribution in [0.25, 0.3) is 0 Å². The molecule has 4 aliphatic heterocycles. The SMILES string of the molecule is CCOc1ccc(N2CC=C[C@]3(C)S[C@]45C=CCN(C(C)(C)CC(C)(C)C)C(=O)C4N(CCCO)C(=O)[C@@H]5[C@@H]3C2=O)cc1. The number of carbonyl (C=O) groups is 3. The lowest BCUT2D eigenvalue weighted by Crippen LogP contribution is -2.58. The van der Waals surface area contributed by atoms with Crippen molar-refractivity contribution < 1.29 is 24.2 Å². The van der Waals surface area contributed by atoms with E-state index in [0.29, 0.717) is 26.1 Å². The summed E-state index contributed by atoms with van der Waals surface area (Å²) >= 11 is 1.59. The quantitative estimate of drug-likeness (QED) is 0.431. The number of hydrogen-bond acceptors (Lipinski definition) is 6. The Hall–Kier alpha value is -2.78. The monoisotopic (exact) mass is 609 g/mol. The summed E-state index contributed by atoms with van der Waals surface area (Å²) in [5.41, 5.74) is 0.286. The summed E-state index contributed by atoms with van der Waals surface area (Å²) in [6.07, 6.45) is 9.36. The number of aliphatic hydroxyl groups is 1. The predicted octanol–water partition coefficient (Wildman–Crippen LogP) is 4.67. The Balaban J connectivity index is 1.58. The van der Waals surface area contributed by atoms with Crippen LogP contribution < -0.4 is 9.64 Å². The van der Waals surface area contributed by atoms with Crippen molar-refractivity contribution in [1.29, 1.82) is 0 Å². The molecule has 0 saturated carbocycles. The smallest absolute Gasteiger partial charge is 0.247 e. The topological polar surface area (TPSA) is 90.4 Å². The molecule has 43 heavy (non-hydrogen) atoms. The van der Waals surface area contributed by atoms with E-state index in [-0.39, 0.29) is 36.3 Å². The Morgan fingerprint density at radius 2 is 1.63 bits per heavy atom. The molecule has 1 aromatic rings. The maximum Gasteiger partial charge on any atom is 0.247 e. The number of carbonyl (C=O) groups excluding carboxylic acids is 3. The van der Waals surface area contributed by atoms with Gasteiger partial charge in [-0.3, -0.25) is 14.4 Å². The highest BCUT2D eigenvalue weighted by Gasteiger charge is 2.74. The van der Waals surface area contributed by atoms with Crippen molar-refractivity contribution in [3.63, 3.8) is 0 Å². The van der Waals surface area contributed by atoms with Gasteiger partial charge < -0.3 is 24.5 Å². The molecule has 5 rings (SSSR count). The van der Waals surface area contributed by atoms with E-state index in [1.807, 2.05) is 55.2 Å². The minimum atomic E-state index is -0.905. The Bertz CT molecular complexity index is 1320. The van der Waals surface area contributed by atoms with Gasteiger partial charge >= 0.3 is 0 Å². The molecule has 0 aliphatic carbocycles. The van der Waals surface area contributed by atoms with Gasteiger partial charge in [0.1, 0.15) is 11.8 Å². The number of hydrogen-bond donors (Lipinski definition) is 1. The van der Waals surface area contributed by atoms with E-state index in [4.69, 9.17) is 4.74 Å². The second-order valence-electron chi connectivity index (χ2n) is 14.3. The van der Waals surface area contributed by atoms with Crippen LogP contribution in [0.2, 0.25) is 0 Å². The van der Waals surface area contributed by atoms with Gasteiger partial charge in [0.15, 0.2) is 0 Å². The molecule has 0 aromatic heterocycles. The van der Waals surface area contributed by atoms with Crippen molar-refractivity contribution in [3.8, 4) is 5.75 Å². The molecule has 1 aromatic carbocycles. The molecule has 234 valence electrons. The third-order valence-corrected chi connectivity index (χ3v) is 11.1. The number of ether oxygens (including phenoxy) is 1. The Labute approximate surface area is 260 Å². The van der Waals surface area contributed by atoms with Crippen LogP contribution in [0, 0.1) is 17.3 Å². The van der Waals surface area contributed by atoms with Crippen LogP contribution in [-0.2, 0) is 14.4 Å². The minimum Gasteiger partial charge on any atom is -0.494 e. The van der Waals surface area contributed by atoms with Gasteiger partial charge in [-0.25, -0.2) is 0 Å². The molecular weight excluding hydrogens is 562 g/mol. The van der Waals surface area contributed by atoms with E-state index in [0.717, 1.165) is 17.9 Å². The van der Waals surface area contributed by atoms with Crippen molar-refractivity contribution in [2.75, 3.05) is 37.7 Å². The van der Waals surface area contributed by atoms with Crippen LogP contribution in [0.3, 0.4) is 0 Å². The molecule has 0 radical (unpaired) electrons. The van der Waals surface area contributed by atoms with Gasteiger partial charge in [0.25, 0.3) is 0 Å². The average molecular weight is 610 g/mol. The van der Waals surface area contributed by atoms with E-state index in [2.05, 4.69) is 46.8 Å². The number of benzene rings is 1. The maximum absolute atomic E-state index is 14.7. The van der Waals surface area contributed by atoms with Gasteiger partial charge in [-0.05, 0) is 70.2 Å². The Morgan fingerprint density at radius 1 is 0.953 bits per heavy atom. The molecule has 2 saturated heterocycles. The fourth-order valence-corrected chi connectivity index (χ4v) is 10.2. The molecule has 3 amide bonds. The second kappa shape index (κ2) is 11.3. The van der Waals surface area contributed by atoms with Crippen molar-refractivity contribution in [2.45, 2.75) is 82.4 Å². The molecule has 8 nitrogen and oxygen atoms in total. The minimum absolute atomic E-state index is 0.00753. The Kier molecular flexibility index (Phi) is 8.31. The highest BCUT2D eigenvalue weighted by atomic mass is 32.2. The highest BCUT2D eigenvalue weighted by molar-refractivity contribution is 8.02. The molecule has 2 fully saturated rings. The first-order valence-corrected chi connectivity index (χ1v) is 16.3. The number of thioether (sulfide) groups is 1. The normalized spacial score (nSPS) is 30.7. The van der Waals surface area contributed by atoms with Crippen LogP contribution >= 0.6 is 11.8 Å². The van der Waals surface area contributed by atoms with Crippen LogP contribution in [0.4, 0.5) is 5.69 Å². The lowest BCUT2D eigenvalue weighted by Gasteiger charge is -2.44. The number of fused-ring (bicyclic) bond motifs is 2. The molecule has 1 N–H and O–H groups in total. The molecule has 1 unspecified atom stereocenters. The Morgan fingerprint density at radius 3 is 2.26 bits per heavy atom. The van der Waals surface area contributed by atoms with Crippen molar-refractivity contribution >= 4 is 35.2 Å². The second-order valence-corrected chi connectivity index (χ2v) is 16.1. The molecular formula is C34H47N3O5S. The first-order valence-electron chi connectivity index (χ1n) is 15.5. The van der Waals surface area contributed by atoms with Crippen LogP contribution in [0.15, 0.2) is 48.6 Å². The van der Waals surface area contributed by atoms with Gasteiger partial charge in [-0.1, -0.05) is 45.1 Å². The van der Waals surface area contributed by atoms with E-state index >= 15 is 0 Å². The molecule has 4 aliphatic rings. The number of anilines is 1. The van der Waals surface area contributed by atoms with E-state index < -0.39 is 32.9 Å². The van der Waals surface area contributed by atoms with E-state index in [1.54, 1.807) is 21.6 Å². The number of aliphatic hydroxyl groups excluding tert-OH is 1. The van der Waals surface area contributed by atoms with Gasteiger partial charge in [0, 0.05) is 42.2 Å². The molecule has 5 atom stereocenters. The lowest BCUT2D eigenvalue weighted by molar-refractivity contribution is -0.146. The largest absolute Gasteiger partial charge is 0.494 e. The third-order valence-electron chi connectivity index (χ3n) is 9.27. The summed E-state index contributed by atoms with van der Waals surface area (Å²) < 4.78 is 4.02. The zero-order valence-electron chi connectivity index (χ0n) is 26.6. The standard InChI is InChI=1S/C34H47N3O5S/c1-8-42-24-14-12-23(13-15-24)35-18-9-16-33(7)25(28(35)39)26-29(40)36(19-11-21-38)27-30(41)37(20-10-17-34(26,27)43-33)32(5,6)22-31(2,3)4/h9-10,12-17,25-27,38H,8,11,18-22H2,1-7H3/t25-,26+,27?,33+,34+/m1/s1. The first kappa shape index (κ1) is 31.6. The molecule has 0 bridgehead atoms.